The van der Waals surface area contributed by atoms with Crippen LogP contribution < -0.4 is 4.90 Å². The topological polar surface area (TPSA) is 37.4 Å². The SMILES string of the molecule is C[C@@H]1CC[C@@H]2C(=O)N(c3ccc(Cl)cc3)C(=O)[C@@H]2C1. The molecule has 0 N–H and O–H groups in total. The molecule has 2 fully saturated rings. The van der Waals surface area contributed by atoms with Crippen molar-refractivity contribution in [2.75, 3.05) is 4.90 Å². The van der Waals surface area contributed by atoms with Crippen molar-refractivity contribution in [2.45, 2.75) is 26.2 Å². The van der Waals surface area contributed by atoms with Gasteiger partial charge in [0.15, 0.2) is 0 Å². The number of fused-ring (bicyclic) bond motifs is 1. The van der Waals surface area contributed by atoms with E-state index >= 15 is 0 Å². The Morgan fingerprint density at radius 3 is 2.37 bits per heavy atom. The van der Waals surface area contributed by atoms with Crippen molar-refractivity contribution in [1.29, 1.82) is 0 Å². The van der Waals surface area contributed by atoms with Gasteiger partial charge >= 0.3 is 0 Å². The third-order valence-electron chi connectivity index (χ3n) is 4.27. The minimum Gasteiger partial charge on any atom is -0.274 e. The van der Waals surface area contributed by atoms with Gasteiger partial charge in [0, 0.05) is 5.02 Å². The average molecular weight is 278 g/mol. The van der Waals surface area contributed by atoms with E-state index in [0.29, 0.717) is 16.6 Å². The molecule has 1 saturated heterocycles. The number of hydrogen-bond acceptors (Lipinski definition) is 2. The summed E-state index contributed by atoms with van der Waals surface area (Å²) in [4.78, 5) is 26.2. The highest BCUT2D eigenvalue weighted by Crippen LogP contribution is 2.42. The second-order valence-corrected chi connectivity index (χ2v) is 6.06. The van der Waals surface area contributed by atoms with Crippen molar-refractivity contribution < 1.29 is 9.59 Å². The molecule has 1 aliphatic heterocycles. The van der Waals surface area contributed by atoms with E-state index in [-0.39, 0.29) is 23.7 Å². The standard InChI is InChI=1S/C15H16ClNO2/c1-9-2-7-12-13(8-9)15(19)17(14(12)18)11-5-3-10(16)4-6-11/h3-6,9,12-13H,2,7-8H2,1H3/t9-,12+,13-/m1/s1. The molecule has 100 valence electrons. The molecule has 0 radical (unpaired) electrons. The summed E-state index contributed by atoms with van der Waals surface area (Å²) in [5.74, 6) is 0.225. The molecular formula is C15H16ClNO2. The number of imide groups is 1. The van der Waals surface area contributed by atoms with Gasteiger partial charge in [0.2, 0.25) is 11.8 Å². The summed E-state index contributed by atoms with van der Waals surface area (Å²) in [6.07, 6.45) is 2.70. The van der Waals surface area contributed by atoms with E-state index in [0.717, 1.165) is 19.3 Å². The van der Waals surface area contributed by atoms with Gasteiger partial charge < -0.3 is 0 Å². The predicted octanol–water partition coefficient (Wildman–Crippen LogP) is 3.27. The van der Waals surface area contributed by atoms with Gasteiger partial charge in [-0.2, -0.15) is 0 Å². The van der Waals surface area contributed by atoms with Gasteiger partial charge in [0.05, 0.1) is 17.5 Å². The highest BCUT2D eigenvalue weighted by molar-refractivity contribution is 6.30. The number of hydrogen-bond donors (Lipinski definition) is 0. The molecule has 0 aromatic heterocycles. The van der Waals surface area contributed by atoms with Gasteiger partial charge in [-0.05, 0) is 49.4 Å². The number of anilines is 1. The number of halogens is 1. The van der Waals surface area contributed by atoms with Crippen LogP contribution in [0, 0.1) is 17.8 Å². The summed E-state index contributed by atoms with van der Waals surface area (Å²) in [6.45, 7) is 2.15. The molecule has 1 aromatic rings. The maximum atomic E-state index is 12.5. The van der Waals surface area contributed by atoms with Crippen LogP contribution in [0.1, 0.15) is 26.2 Å². The summed E-state index contributed by atoms with van der Waals surface area (Å²) in [6, 6.07) is 6.89. The van der Waals surface area contributed by atoms with Crippen molar-refractivity contribution in [3.63, 3.8) is 0 Å². The number of benzene rings is 1. The van der Waals surface area contributed by atoms with E-state index in [4.69, 9.17) is 11.6 Å². The molecule has 1 saturated carbocycles. The summed E-state index contributed by atoms with van der Waals surface area (Å²) >= 11 is 5.84. The number of nitrogens with zero attached hydrogens (tertiary/aromatic N) is 1. The number of rotatable bonds is 1. The maximum Gasteiger partial charge on any atom is 0.237 e. The normalized spacial score (nSPS) is 30.6. The van der Waals surface area contributed by atoms with E-state index in [1.165, 1.54) is 4.90 Å². The van der Waals surface area contributed by atoms with Crippen LogP contribution in [0.3, 0.4) is 0 Å². The Balaban J connectivity index is 1.93. The summed E-state index contributed by atoms with van der Waals surface area (Å²) in [5, 5.41) is 0.605. The Morgan fingerprint density at radius 1 is 1.05 bits per heavy atom. The second kappa shape index (κ2) is 4.64. The maximum absolute atomic E-state index is 12.5. The van der Waals surface area contributed by atoms with Gasteiger partial charge in [-0.15, -0.1) is 0 Å². The Bertz CT molecular complexity index is 525. The van der Waals surface area contributed by atoms with Crippen LogP contribution in [0.2, 0.25) is 5.02 Å². The monoisotopic (exact) mass is 277 g/mol. The molecule has 0 unspecified atom stereocenters. The van der Waals surface area contributed by atoms with Crippen LogP contribution in [0.5, 0.6) is 0 Å². The van der Waals surface area contributed by atoms with Gasteiger partial charge in [-0.25, -0.2) is 0 Å². The molecule has 1 heterocycles. The third-order valence-corrected chi connectivity index (χ3v) is 4.52. The van der Waals surface area contributed by atoms with E-state index in [9.17, 15) is 9.59 Å². The highest BCUT2D eigenvalue weighted by atomic mass is 35.5. The van der Waals surface area contributed by atoms with Crippen molar-refractivity contribution in [1.82, 2.24) is 0 Å². The quantitative estimate of drug-likeness (QED) is 0.739. The van der Waals surface area contributed by atoms with Crippen LogP contribution in [-0.2, 0) is 9.59 Å². The summed E-state index contributed by atoms with van der Waals surface area (Å²) < 4.78 is 0. The molecule has 1 aliphatic carbocycles. The summed E-state index contributed by atoms with van der Waals surface area (Å²) in [5.41, 5.74) is 0.640. The lowest BCUT2D eigenvalue weighted by molar-refractivity contribution is -0.122. The molecule has 19 heavy (non-hydrogen) atoms. The van der Waals surface area contributed by atoms with Crippen LogP contribution in [0.15, 0.2) is 24.3 Å². The van der Waals surface area contributed by atoms with E-state index in [1.807, 2.05) is 0 Å². The minimum atomic E-state index is -0.119. The van der Waals surface area contributed by atoms with E-state index in [1.54, 1.807) is 24.3 Å². The fourth-order valence-corrected chi connectivity index (χ4v) is 3.36. The van der Waals surface area contributed by atoms with Gasteiger partial charge in [-0.3, -0.25) is 14.5 Å². The lowest BCUT2D eigenvalue weighted by Crippen LogP contribution is -2.30. The smallest absolute Gasteiger partial charge is 0.237 e. The average Bonchev–Trinajstić information content (AvgIpc) is 2.63. The third kappa shape index (κ3) is 2.06. The zero-order chi connectivity index (χ0) is 13.6. The number of amides is 2. The number of carbonyl (C=O) groups excluding carboxylic acids is 2. The Morgan fingerprint density at radius 2 is 1.68 bits per heavy atom. The highest BCUT2D eigenvalue weighted by Gasteiger charge is 2.49. The Kier molecular flexibility index (Phi) is 3.09. The van der Waals surface area contributed by atoms with E-state index in [2.05, 4.69) is 6.92 Å². The molecule has 3 atom stereocenters. The lowest BCUT2D eigenvalue weighted by Gasteiger charge is -2.25. The predicted molar refractivity (Wildman–Crippen MR) is 73.9 cm³/mol. The van der Waals surface area contributed by atoms with Gasteiger partial charge in [0.1, 0.15) is 0 Å². The zero-order valence-electron chi connectivity index (χ0n) is 10.8. The molecule has 2 aliphatic rings. The Labute approximate surface area is 117 Å². The largest absolute Gasteiger partial charge is 0.274 e. The van der Waals surface area contributed by atoms with Crippen LogP contribution >= 0.6 is 11.6 Å². The van der Waals surface area contributed by atoms with Crippen molar-refractivity contribution in [3.05, 3.63) is 29.3 Å². The first kappa shape index (κ1) is 12.7. The zero-order valence-corrected chi connectivity index (χ0v) is 11.6. The minimum absolute atomic E-state index is 0.0378. The van der Waals surface area contributed by atoms with Crippen molar-refractivity contribution >= 4 is 29.1 Å². The lowest BCUT2D eigenvalue weighted by atomic mass is 9.76. The fraction of sp³-hybridized carbons (Fsp3) is 0.467. The van der Waals surface area contributed by atoms with Crippen molar-refractivity contribution in [3.8, 4) is 0 Å². The summed E-state index contributed by atoms with van der Waals surface area (Å²) in [7, 11) is 0. The first-order valence-electron chi connectivity index (χ1n) is 6.71. The Hall–Kier alpha value is -1.35. The molecule has 0 bridgehead atoms. The van der Waals surface area contributed by atoms with Crippen LogP contribution in [-0.4, -0.2) is 11.8 Å². The van der Waals surface area contributed by atoms with Crippen LogP contribution in [0.25, 0.3) is 0 Å². The number of carbonyl (C=O) groups is 2. The van der Waals surface area contributed by atoms with Crippen LogP contribution in [0.4, 0.5) is 5.69 Å². The van der Waals surface area contributed by atoms with Crippen molar-refractivity contribution in [2.24, 2.45) is 17.8 Å². The van der Waals surface area contributed by atoms with Gasteiger partial charge in [0.25, 0.3) is 0 Å². The second-order valence-electron chi connectivity index (χ2n) is 5.62. The molecule has 4 heteroatoms. The van der Waals surface area contributed by atoms with Gasteiger partial charge in [-0.1, -0.05) is 18.5 Å². The van der Waals surface area contributed by atoms with E-state index < -0.39 is 0 Å². The first-order valence-corrected chi connectivity index (χ1v) is 7.09. The molecular weight excluding hydrogens is 262 g/mol. The molecule has 2 amide bonds. The fourth-order valence-electron chi connectivity index (χ4n) is 3.23. The first-order chi connectivity index (χ1) is 9.08. The molecule has 1 aromatic carbocycles. The molecule has 0 spiro atoms. The molecule has 3 rings (SSSR count). The molecule has 3 nitrogen and oxygen atoms in total.